The van der Waals surface area contributed by atoms with E-state index in [1.165, 1.54) is 4.88 Å². The first-order valence-corrected chi connectivity index (χ1v) is 8.14. The van der Waals surface area contributed by atoms with Crippen LogP contribution in [0.3, 0.4) is 0 Å². The number of thiazole rings is 1. The number of aryl methyl sites for hydroxylation is 3. The van der Waals surface area contributed by atoms with Crippen molar-refractivity contribution in [2.24, 2.45) is 4.99 Å². The van der Waals surface area contributed by atoms with Crippen LogP contribution >= 0.6 is 35.3 Å². The van der Waals surface area contributed by atoms with E-state index in [-0.39, 0.29) is 24.0 Å². The predicted octanol–water partition coefficient (Wildman–Crippen LogP) is 2.10. The second-order valence-corrected chi connectivity index (χ2v) is 6.20. The van der Waals surface area contributed by atoms with Gasteiger partial charge in [0, 0.05) is 44.1 Å². The number of hydrogen-bond acceptors (Lipinski definition) is 6. The molecule has 0 aliphatic rings. The quantitative estimate of drug-likeness (QED) is 0.291. The van der Waals surface area contributed by atoms with Gasteiger partial charge in [0.25, 0.3) is 0 Å². The zero-order chi connectivity index (χ0) is 15.8. The van der Waals surface area contributed by atoms with Gasteiger partial charge in [-0.05, 0) is 20.3 Å². The molecule has 2 heterocycles. The van der Waals surface area contributed by atoms with E-state index in [0.29, 0.717) is 11.7 Å². The highest BCUT2D eigenvalue weighted by Gasteiger charge is 2.03. The smallest absolute Gasteiger partial charge is 0.226 e. The summed E-state index contributed by atoms with van der Waals surface area (Å²) in [5, 5.41) is 11.5. The molecule has 0 aliphatic heterocycles. The lowest BCUT2D eigenvalue weighted by Gasteiger charge is -2.10. The van der Waals surface area contributed by atoms with Crippen LogP contribution in [0.25, 0.3) is 0 Å². The Morgan fingerprint density at radius 1 is 1.26 bits per heavy atom. The zero-order valence-corrected chi connectivity index (χ0v) is 16.8. The Bertz CT molecular complexity index is 612. The average Bonchev–Trinajstić information content (AvgIpc) is 3.10. The first kappa shape index (κ1) is 19.8. The fraction of sp³-hybridized carbons (Fsp3) is 0.571. The van der Waals surface area contributed by atoms with Crippen LogP contribution in [0.5, 0.6) is 0 Å². The number of rotatable bonds is 7. The number of aromatic nitrogens is 3. The van der Waals surface area contributed by atoms with Gasteiger partial charge >= 0.3 is 0 Å². The van der Waals surface area contributed by atoms with E-state index < -0.39 is 0 Å². The van der Waals surface area contributed by atoms with E-state index in [2.05, 4.69) is 37.7 Å². The number of nitrogens with zero attached hydrogens (tertiary/aromatic N) is 4. The molecule has 0 fully saturated rings. The van der Waals surface area contributed by atoms with Gasteiger partial charge in [0.1, 0.15) is 0 Å². The fourth-order valence-corrected chi connectivity index (χ4v) is 2.70. The van der Waals surface area contributed by atoms with E-state index >= 15 is 0 Å². The third-order valence-electron chi connectivity index (χ3n) is 2.95. The van der Waals surface area contributed by atoms with Crippen LogP contribution in [0.1, 0.15) is 28.0 Å². The molecule has 23 heavy (non-hydrogen) atoms. The minimum atomic E-state index is 0. The van der Waals surface area contributed by atoms with Crippen molar-refractivity contribution in [3.63, 3.8) is 0 Å². The summed E-state index contributed by atoms with van der Waals surface area (Å²) in [4.78, 5) is 14.0. The predicted molar refractivity (Wildman–Crippen MR) is 103 cm³/mol. The van der Waals surface area contributed by atoms with Crippen molar-refractivity contribution < 1.29 is 4.52 Å². The largest absolute Gasteiger partial charge is 0.356 e. The van der Waals surface area contributed by atoms with Crippen molar-refractivity contribution in [2.45, 2.75) is 33.1 Å². The lowest BCUT2D eigenvalue weighted by atomic mass is 10.3. The third kappa shape index (κ3) is 7.25. The number of nitrogens with one attached hydrogen (secondary N) is 2. The molecule has 0 bridgehead atoms. The molecule has 0 radical (unpaired) electrons. The molecule has 0 atom stereocenters. The average molecular weight is 450 g/mol. The summed E-state index contributed by atoms with van der Waals surface area (Å²) in [5.74, 6) is 2.16. The molecular formula is C14H23IN6OS. The Labute approximate surface area is 157 Å². The molecule has 9 heteroatoms. The third-order valence-corrected chi connectivity index (χ3v) is 3.93. The summed E-state index contributed by atoms with van der Waals surface area (Å²) in [6, 6.07) is 0. The van der Waals surface area contributed by atoms with Crippen molar-refractivity contribution in [3.05, 3.63) is 27.8 Å². The Balaban J connectivity index is 0.00000264. The highest BCUT2D eigenvalue weighted by Crippen LogP contribution is 2.10. The standard InChI is InChI=1S/C14H22N6OS.HI/c1-10-9-18-13(22-10)6-8-17-14(15-3)16-7-4-5-12-19-11(2)20-21-12;/h9H,4-8H2,1-3H3,(H2,15,16,17);1H. The van der Waals surface area contributed by atoms with Gasteiger partial charge in [-0.3, -0.25) is 4.99 Å². The van der Waals surface area contributed by atoms with Crippen LogP contribution < -0.4 is 10.6 Å². The van der Waals surface area contributed by atoms with E-state index in [9.17, 15) is 0 Å². The maximum Gasteiger partial charge on any atom is 0.226 e. The van der Waals surface area contributed by atoms with Gasteiger partial charge in [-0.2, -0.15) is 4.98 Å². The number of guanidine groups is 1. The summed E-state index contributed by atoms with van der Waals surface area (Å²) in [6.07, 6.45) is 4.49. The minimum absolute atomic E-state index is 0. The van der Waals surface area contributed by atoms with Crippen LogP contribution in [0.4, 0.5) is 0 Å². The minimum Gasteiger partial charge on any atom is -0.356 e. The summed E-state index contributed by atoms with van der Waals surface area (Å²) in [5.41, 5.74) is 0. The van der Waals surface area contributed by atoms with Crippen LogP contribution in [0, 0.1) is 13.8 Å². The molecule has 7 nitrogen and oxygen atoms in total. The van der Waals surface area contributed by atoms with Gasteiger partial charge in [-0.25, -0.2) is 4.98 Å². The molecule has 0 saturated carbocycles. The molecular weight excluding hydrogens is 427 g/mol. The fourth-order valence-electron chi connectivity index (χ4n) is 1.91. The Morgan fingerprint density at radius 3 is 2.65 bits per heavy atom. The van der Waals surface area contributed by atoms with Gasteiger partial charge in [-0.1, -0.05) is 5.16 Å². The molecule has 0 saturated heterocycles. The van der Waals surface area contributed by atoms with Crippen LogP contribution in [-0.2, 0) is 12.8 Å². The summed E-state index contributed by atoms with van der Waals surface area (Å²) in [6.45, 7) is 5.51. The number of halogens is 1. The lowest BCUT2D eigenvalue weighted by molar-refractivity contribution is 0.372. The lowest BCUT2D eigenvalue weighted by Crippen LogP contribution is -2.38. The van der Waals surface area contributed by atoms with Crippen molar-refractivity contribution >= 4 is 41.3 Å². The highest BCUT2D eigenvalue weighted by atomic mass is 127. The Hall–Kier alpha value is -1.23. The summed E-state index contributed by atoms with van der Waals surface area (Å²) < 4.78 is 5.07. The van der Waals surface area contributed by atoms with E-state index in [1.54, 1.807) is 18.4 Å². The van der Waals surface area contributed by atoms with Crippen molar-refractivity contribution in [2.75, 3.05) is 20.1 Å². The van der Waals surface area contributed by atoms with Gasteiger partial charge in [-0.15, -0.1) is 35.3 Å². The molecule has 2 N–H and O–H groups in total. The van der Waals surface area contributed by atoms with E-state index in [1.807, 2.05) is 13.1 Å². The highest BCUT2D eigenvalue weighted by molar-refractivity contribution is 14.0. The van der Waals surface area contributed by atoms with Crippen LogP contribution in [0.15, 0.2) is 15.7 Å². The molecule has 2 aromatic heterocycles. The molecule has 0 amide bonds. The van der Waals surface area contributed by atoms with Gasteiger partial charge in [0.15, 0.2) is 11.8 Å². The van der Waals surface area contributed by atoms with Crippen molar-refractivity contribution in [1.29, 1.82) is 0 Å². The molecule has 0 unspecified atom stereocenters. The second-order valence-electron chi connectivity index (χ2n) is 4.88. The molecule has 2 aromatic rings. The first-order chi connectivity index (χ1) is 10.7. The van der Waals surface area contributed by atoms with Gasteiger partial charge in [0.05, 0.1) is 5.01 Å². The van der Waals surface area contributed by atoms with Crippen LogP contribution in [0.2, 0.25) is 0 Å². The Morgan fingerprint density at radius 2 is 2.04 bits per heavy atom. The first-order valence-electron chi connectivity index (χ1n) is 7.32. The maximum absolute atomic E-state index is 5.07. The summed E-state index contributed by atoms with van der Waals surface area (Å²) >= 11 is 1.73. The maximum atomic E-state index is 5.07. The number of hydrogen-bond donors (Lipinski definition) is 2. The molecule has 0 aliphatic carbocycles. The molecule has 0 spiro atoms. The van der Waals surface area contributed by atoms with Crippen molar-refractivity contribution in [1.82, 2.24) is 25.8 Å². The summed E-state index contributed by atoms with van der Waals surface area (Å²) in [7, 11) is 1.77. The second kappa shape index (κ2) is 10.5. The molecule has 0 aromatic carbocycles. The molecule has 128 valence electrons. The zero-order valence-electron chi connectivity index (χ0n) is 13.6. The van der Waals surface area contributed by atoms with Crippen LogP contribution in [-0.4, -0.2) is 41.2 Å². The SMILES string of the molecule is CN=C(NCCCc1nc(C)no1)NCCc1ncc(C)s1.I. The monoisotopic (exact) mass is 450 g/mol. The van der Waals surface area contributed by atoms with Crippen molar-refractivity contribution in [3.8, 4) is 0 Å². The number of aliphatic imine (C=N–C) groups is 1. The van der Waals surface area contributed by atoms with E-state index in [4.69, 9.17) is 4.52 Å². The van der Waals surface area contributed by atoms with Gasteiger partial charge in [0.2, 0.25) is 5.89 Å². The van der Waals surface area contributed by atoms with Gasteiger partial charge < -0.3 is 15.2 Å². The Kier molecular flexibility index (Phi) is 9.07. The topological polar surface area (TPSA) is 88.2 Å². The van der Waals surface area contributed by atoms with E-state index in [0.717, 1.165) is 43.3 Å². The normalized spacial score (nSPS) is 11.2. The molecule has 2 rings (SSSR count).